The summed E-state index contributed by atoms with van der Waals surface area (Å²) in [6, 6.07) is 5.24. The number of phosphoric acid groups is 3. The third-order valence-electron chi connectivity index (χ3n) is 8.98. The van der Waals surface area contributed by atoms with Crippen LogP contribution >= 0.6 is 35.2 Å². The summed E-state index contributed by atoms with van der Waals surface area (Å²) in [6.45, 7) is 1.95. The molecular formula is C31H45N7O20P3S2-. The molecule has 10 N–H and O–H groups in total. The average molecular weight is 993 g/mol. The van der Waals surface area contributed by atoms with Crippen molar-refractivity contribution in [1.82, 2.24) is 30.2 Å². The topological polar surface area (TPSA) is 421 Å². The second-order valence-electron chi connectivity index (χ2n) is 14.4. The lowest BCUT2D eigenvalue weighted by Crippen LogP contribution is -2.46. The molecular weight excluding hydrogens is 947 g/mol. The van der Waals surface area contributed by atoms with Crippen molar-refractivity contribution in [3.63, 3.8) is 0 Å². The second kappa shape index (κ2) is 21.3. The monoisotopic (exact) mass is 992 g/mol. The quantitative estimate of drug-likeness (QED) is 0.0336. The molecule has 352 valence electrons. The number of ether oxygens (including phenoxy) is 1. The van der Waals surface area contributed by atoms with Crippen LogP contribution < -0.4 is 16.4 Å². The number of fused-ring (bicyclic) bond motifs is 1. The molecule has 32 heteroatoms. The zero-order valence-electron chi connectivity index (χ0n) is 33.3. The Morgan fingerprint density at radius 1 is 1.03 bits per heavy atom. The first-order chi connectivity index (χ1) is 29.1. The van der Waals surface area contributed by atoms with Gasteiger partial charge in [0.1, 0.15) is 46.4 Å². The van der Waals surface area contributed by atoms with Gasteiger partial charge in [-0.2, -0.15) is 4.31 Å². The van der Waals surface area contributed by atoms with Crippen LogP contribution in [0.1, 0.15) is 51.3 Å². The number of aliphatic hydroxyl groups excluding tert-OH is 2. The number of aromatic nitrogens is 4. The van der Waals surface area contributed by atoms with Gasteiger partial charge in [0, 0.05) is 37.1 Å². The number of anilines is 1. The molecule has 63 heavy (non-hydrogen) atoms. The van der Waals surface area contributed by atoms with E-state index in [0.717, 1.165) is 29.0 Å². The number of aliphatic hydroxyl groups is 2. The van der Waals surface area contributed by atoms with E-state index in [9.17, 15) is 70.8 Å². The lowest BCUT2D eigenvalue weighted by Gasteiger charge is -2.30. The number of benzene rings is 1. The van der Waals surface area contributed by atoms with Gasteiger partial charge in [0.25, 0.3) is 0 Å². The lowest BCUT2D eigenvalue weighted by molar-refractivity contribution is -0.137. The van der Waals surface area contributed by atoms with Crippen LogP contribution in [0.3, 0.4) is 0 Å². The highest BCUT2D eigenvalue weighted by Gasteiger charge is 2.50. The van der Waals surface area contributed by atoms with Crippen LogP contribution in [0, 0.1) is 5.41 Å². The molecule has 1 fully saturated rings. The molecule has 27 nitrogen and oxygen atoms in total. The van der Waals surface area contributed by atoms with Crippen molar-refractivity contribution in [3.8, 4) is 0 Å². The van der Waals surface area contributed by atoms with Gasteiger partial charge in [-0.05, 0) is 23.6 Å². The van der Waals surface area contributed by atoms with Gasteiger partial charge in [0.2, 0.25) is 11.8 Å². The van der Waals surface area contributed by atoms with Crippen LogP contribution in [-0.2, 0) is 60.8 Å². The summed E-state index contributed by atoms with van der Waals surface area (Å²) in [6.07, 6.45) is -7.04. The Bertz CT molecular complexity index is 2370. The number of phosphoric ester groups is 3. The molecule has 1 saturated heterocycles. The highest BCUT2D eigenvalue weighted by molar-refractivity contribution is 8.13. The van der Waals surface area contributed by atoms with Crippen molar-refractivity contribution in [2.75, 3.05) is 37.8 Å². The summed E-state index contributed by atoms with van der Waals surface area (Å²) in [4.78, 5) is 87.9. The first-order valence-corrected chi connectivity index (χ1v) is 25.1. The van der Waals surface area contributed by atoms with E-state index >= 15 is 0 Å². The van der Waals surface area contributed by atoms with Crippen molar-refractivity contribution in [2.24, 2.45) is 5.41 Å². The number of hydrogen-bond donors (Lipinski definition) is 9. The minimum Gasteiger partial charge on any atom is -0.744 e. The maximum absolute atomic E-state index is 12.7. The van der Waals surface area contributed by atoms with Gasteiger partial charge < -0.3 is 55.4 Å². The summed E-state index contributed by atoms with van der Waals surface area (Å²) in [5, 5.41) is 26.2. The third-order valence-corrected chi connectivity index (χ3v) is 13.8. The maximum Gasteiger partial charge on any atom is 0.481 e. The van der Waals surface area contributed by atoms with E-state index in [4.69, 9.17) is 19.5 Å². The molecule has 0 spiro atoms. The number of nitrogens with two attached hydrogens (primary N) is 1. The predicted molar refractivity (Wildman–Crippen MR) is 215 cm³/mol. The zero-order chi connectivity index (χ0) is 47.1. The summed E-state index contributed by atoms with van der Waals surface area (Å²) >= 11 is 0.955. The summed E-state index contributed by atoms with van der Waals surface area (Å²) < 4.78 is 95.5. The number of carbonyl (C=O) groups excluding carboxylic acids is 3. The van der Waals surface area contributed by atoms with E-state index in [2.05, 4.69) is 34.4 Å². The normalized spacial score (nSPS) is 21.3. The Morgan fingerprint density at radius 3 is 2.32 bits per heavy atom. The van der Waals surface area contributed by atoms with Crippen LogP contribution in [-0.4, -0.2) is 136 Å². The molecule has 0 bridgehead atoms. The van der Waals surface area contributed by atoms with Crippen molar-refractivity contribution >= 4 is 79.3 Å². The predicted octanol–water partition coefficient (Wildman–Crippen LogP) is -0.237. The first kappa shape index (κ1) is 52.3. The Kier molecular flexibility index (Phi) is 17.7. The number of nitrogen functional groups attached to an aromatic ring is 1. The number of hydrogen-bond acceptors (Lipinski definition) is 21. The molecule has 8 atom stereocenters. The molecule has 3 unspecified atom stereocenters. The summed E-state index contributed by atoms with van der Waals surface area (Å²) in [5.41, 5.74) is 4.84. The number of nitrogens with zero attached hydrogens (tertiary/aromatic N) is 4. The molecule has 1 aromatic carbocycles. The van der Waals surface area contributed by atoms with E-state index in [-0.39, 0.29) is 64.6 Å². The Balaban J connectivity index is 1.18. The number of amides is 2. The van der Waals surface area contributed by atoms with E-state index < -0.39 is 94.7 Å². The van der Waals surface area contributed by atoms with Gasteiger partial charge in [0.15, 0.2) is 22.8 Å². The van der Waals surface area contributed by atoms with Gasteiger partial charge in [-0.1, -0.05) is 44.7 Å². The van der Waals surface area contributed by atoms with Gasteiger partial charge in [-0.25, -0.2) is 37.1 Å². The van der Waals surface area contributed by atoms with Crippen molar-refractivity contribution in [3.05, 3.63) is 42.5 Å². The summed E-state index contributed by atoms with van der Waals surface area (Å²) in [5.74, 6) is -1.65. The fourth-order valence-electron chi connectivity index (χ4n) is 5.68. The van der Waals surface area contributed by atoms with Crippen LogP contribution in [0.5, 0.6) is 0 Å². The molecule has 2 aromatic heterocycles. The minimum atomic E-state index is -5.60. The fraction of sp³-hybridized carbons (Fsp3) is 0.548. The highest BCUT2D eigenvalue weighted by atomic mass is 32.2. The molecule has 4 rings (SSSR count). The van der Waals surface area contributed by atoms with Crippen LogP contribution in [0.25, 0.3) is 11.2 Å². The average Bonchev–Trinajstić information content (AvgIpc) is 3.74. The van der Waals surface area contributed by atoms with Crippen molar-refractivity contribution < 1.29 is 93.5 Å². The number of rotatable bonds is 23. The fourth-order valence-corrected chi connectivity index (χ4v) is 9.78. The van der Waals surface area contributed by atoms with E-state index in [1.165, 1.54) is 38.1 Å². The Hall–Kier alpha value is -3.31. The number of carbonyl (C=O) groups is 3. The minimum absolute atomic E-state index is 0.0153. The molecule has 1 aliphatic heterocycles. The van der Waals surface area contributed by atoms with Crippen LogP contribution in [0.2, 0.25) is 0 Å². The number of nitrogens with one attached hydrogen (secondary N) is 2. The van der Waals surface area contributed by atoms with Gasteiger partial charge in [-0.15, -0.1) is 0 Å². The van der Waals surface area contributed by atoms with Crippen LogP contribution in [0.15, 0.2) is 41.8 Å². The SMILES string of the molecule is CC(CC(=O)SCCNC(=O)CCNC(=O)[C@H](O)C(C)(C)COP(=O)(O)OP(=O)(O)OC[C@H]1O[C@@H](n2cnc3c(N)ncnc32)[C@H](O)[C@@H]1OP(=O)(O)O)c1ccc(S(=O)(=O)[O-])cc1. The molecule has 0 radical (unpaired) electrons. The Morgan fingerprint density at radius 2 is 1.68 bits per heavy atom. The number of thioether (sulfide) groups is 1. The van der Waals surface area contributed by atoms with E-state index in [1.807, 2.05) is 0 Å². The first-order valence-electron chi connectivity index (χ1n) is 18.2. The van der Waals surface area contributed by atoms with Crippen molar-refractivity contribution in [2.45, 2.75) is 75.1 Å². The van der Waals surface area contributed by atoms with E-state index in [1.54, 1.807) is 6.92 Å². The van der Waals surface area contributed by atoms with Gasteiger partial charge >= 0.3 is 23.5 Å². The zero-order valence-corrected chi connectivity index (χ0v) is 37.6. The molecule has 2 amide bonds. The smallest absolute Gasteiger partial charge is 0.481 e. The van der Waals surface area contributed by atoms with Crippen LogP contribution in [0.4, 0.5) is 5.82 Å². The second-order valence-corrected chi connectivity index (χ2v) is 21.2. The number of imidazole rings is 1. The molecule has 3 aromatic rings. The highest BCUT2D eigenvalue weighted by Crippen LogP contribution is 2.61. The third kappa shape index (κ3) is 15.4. The largest absolute Gasteiger partial charge is 0.744 e. The molecule has 0 aliphatic carbocycles. The summed E-state index contributed by atoms with van der Waals surface area (Å²) in [7, 11) is -21.1. The molecule has 0 saturated carbocycles. The van der Waals surface area contributed by atoms with Crippen molar-refractivity contribution in [1.29, 1.82) is 0 Å². The molecule has 1 aliphatic rings. The van der Waals surface area contributed by atoms with Gasteiger partial charge in [0.05, 0.1) is 24.4 Å². The standard InChI is InChI=1S/C31H46N7O20P3S2/c1-17(18-4-6-19(7-5-18)63(51,52)53)12-22(40)62-11-10-33-21(39)8-9-34-29(43)26(42)31(2,3)14-55-61(49,50)58-60(47,48)54-13-20-25(57-59(44,45)46)24(41)30(56-20)38-16-37-23-27(32)35-15-36-28(23)38/h4-7,15-17,20,24-26,30,41-42H,8-14H2,1-3H3,(H,33,39)(H,34,43)(H,47,48)(H,49,50)(H2,32,35,36)(H2,44,45,46)(H,51,52,53)/p-1/t17?,20-,24-,25-,26+,30-/m1/s1. The van der Waals surface area contributed by atoms with E-state index in [0.29, 0.717) is 5.56 Å². The lowest BCUT2D eigenvalue weighted by atomic mass is 9.87. The Labute approximate surface area is 362 Å². The molecule has 3 heterocycles. The van der Waals surface area contributed by atoms with Gasteiger partial charge in [-0.3, -0.25) is 32.5 Å². The maximum atomic E-state index is 12.7.